The number of ether oxygens (including phenoxy) is 2. The van der Waals surface area contributed by atoms with Gasteiger partial charge >= 0.3 is 5.97 Å². The Hall–Kier alpha value is -2.11. The Morgan fingerprint density at radius 1 is 1.14 bits per heavy atom. The molecule has 0 radical (unpaired) electrons. The lowest BCUT2D eigenvalue weighted by Gasteiger charge is -2.46. The summed E-state index contributed by atoms with van der Waals surface area (Å²) in [5.74, 6) is 1.16. The third kappa shape index (κ3) is 4.95. The van der Waals surface area contributed by atoms with E-state index in [1.165, 1.54) is 24.3 Å². The molecule has 3 aliphatic rings. The van der Waals surface area contributed by atoms with E-state index in [4.69, 9.17) is 21.1 Å². The second-order valence-corrected chi connectivity index (χ2v) is 11.1. The Balaban J connectivity index is 1.30. The van der Waals surface area contributed by atoms with Crippen LogP contribution < -0.4 is 4.74 Å². The molecule has 2 aromatic carbocycles. The molecule has 1 unspecified atom stereocenters. The van der Waals surface area contributed by atoms with Crippen LogP contribution >= 0.6 is 11.6 Å². The van der Waals surface area contributed by atoms with Gasteiger partial charge in [0.15, 0.2) is 0 Å². The maximum Gasteiger partial charge on any atom is 0.309 e. The molecule has 0 aromatic heterocycles. The van der Waals surface area contributed by atoms with Gasteiger partial charge in [0.2, 0.25) is 0 Å². The molecule has 188 valence electrons. The minimum absolute atomic E-state index is 0.0346. The lowest BCUT2D eigenvalue weighted by atomic mass is 9.80. The van der Waals surface area contributed by atoms with Gasteiger partial charge in [0.1, 0.15) is 17.2 Å². The van der Waals surface area contributed by atoms with Crippen LogP contribution in [0.4, 0.5) is 4.39 Å². The van der Waals surface area contributed by atoms with Gasteiger partial charge < -0.3 is 9.47 Å². The monoisotopic (exact) mass is 499 g/mol. The van der Waals surface area contributed by atoms with Gasteiger partial charge in [-0.15, -0.1) is 0 Å². The lowest BCUT2D eigenvalue weighted by molar-refractivity contribution is -0.145. The fourth-order valence-corrected chi connectivity index (χ4v) is 6.37. The average molecular weight is 500 g/mol. The van der Waals surface area contributed by atoms with Gasteiger partial charge in [-0.05, 0) is 92.7 Å². The minimum Gasteiger partial charge on any atom is -0.487 e. The number of methoxy groups -OCH3 is 1. The Morgan fingerprint density at radius 2 is 1.89 bits per heavy atom. The number of hydrogen-bond donors (Lipinski definition) is 0. The van der Waals surface area contributed by atoms with E-state index in [9.17, 15) is 9.18 Å². The number of likely N-dealkylation sites (tertiary alicyclic amines) is 1. The van der Waals surface area contributed by atoms with Crippen LogP contribution in [0.15, 0.2) is 36.4 Å². The predicted octanol–water partition coefficient (Wildman–Crippen LogP) is 6.70. The third-order valence-electron chi connectivity index (χ3n) is 8.56. The van der Waals surface area contributed by atoms with Crippen molar-refractivity contribution < 1.29 is 18.7 Å². The fraction of sp³-hybridized carbons (Fsp3) is 0.552. The summed E-state index contributed by atoms with van der Waals surface area (Å²) in [5, 5.41) is 0.566. The Morgan fingerprint density at radius 3 is 2.57 bits per heavy atom. The van der Waals surface area contributed by atoms with Crippen molar-refractivity contribution in [3.8, 4) is 5.75 Å². The van der Waals surface area contributed by atoms with Gasteiger partial charge in [0.05, 0.1) is 13.0 Å². The SMILES string of the molecule is COC(=O)[C@@H](C)[C@H](c1ccc2c(c1)OC1(CC2)CCN(C(C)c2cc(Cl)ccc2F)CC1)C1CC1. The van der Waals surface area contributed by atoms with Crippen molar-refractivity contribution in [1.29, 1.82) is 0 Å². The van der Waals surface area contributed by atoms with Crippen molar-refractivity contribution in [3.63, 3.8) is 0 Å². The first-order valence-corrected chi connectivity index (χ1v) is 13.3. The molecular formula is C29H35ClFNO3. The molecule has 2 aromatic rings. The standard InChI is InChI=1S/C29H35ClFNO3/c1-18(28(33)34-3)27(21-5-6-21)22-7-4-20-10-11-29(35-26(20)16-22)12-14-32(15-13-29)19(2)24-17-23(30)8-9-25(24)31/h4,7-9,16-19,21,27H,5-6,10-15H2,1-3H3/t18-,19?,27-/m0/s1. The van der Waals surface area contributed by atoms with Crippen LogP contribution in [0.3, 0.4) is 0 Å². The molecule has 35 heavy (non-hydrogen) atoms. The molecular weight excluding hydrogens is 465 g/mol. The van der Waals surface area contributed by atoms with Crippen LogP contribution in [-0.2, 0) is 16.0 Å². The van der Waals surface area contributed by atoms with Crippen LogP contribution in [0.25, 0.3) is 0 Å². The number of piperidine rings is 1. The zero-order valence-electron chi connectivity index (χ0n) is 20.9. The van der Waals surface area contributed by atoms with Crippen LogP contribution in [0.2, 0.25) is 5.02 Å². The van der Waals surface area contributed by atoms with E-state index in [2.05, 4.69) is 30.0 Å². The van der Waals surface area contributed by atoms with Crippen molar-refractivity contribution >= 4 is 17.6 Å². The van der Waals surface area contributed by atoms with E-state index in [1.807, 2.05) is 6.92 Å². The van der Waals surface area contributed by atoms with Crippen molar-refractivity contribution in [2.45, 2.75) is 69.9 Å². The Bertz CT molecular complexity index is 1090. The molecule has 0 amide bonds. The summed E-state index contributed by atoms with van der Waals surface area (Å²) in [5.41, 5.74) is 2.90. The average Bonchev–Trinajstić information content (AvgIpc) is 3.70. The second kappa shape index (κ2) is 9.74. The van der Waals surface area contributed by atoms with E-state index in [-0.39, 0.29) is 35.3 Å². The minimum atomic E-state index is -0.205. The summed E-state index contributed by atoms with van der Waals surface area (Å²) in [7, 11) is 1.47. The highest BCUT2D eigenvalue weighted by Crippen LogP contribution is 2.49. The number of nitrogens with zero attached hydrogens (tertiary/aromatic N) is 1. The van der Waals surface area contributed by atoms with E-state index in [1.54, 1.807) is 12.1 Å². The molecule has 2 aliphatic heterocycles. The number of fused-ring (bicyclic) bond motifs is 1. The van der Waals surface area contributed by atoms with Crippen molar-refractivity contribution in [3.05, 3.63) is 63.9 Å². The van der Waals surface area contributed by atoms with Gasteiger partial charge in [0.25, 0.3) is 0 Å². The first kappa shape index (κ1) is 24.6. The van der Waals surface area contributed by atoms with Gasteiger partial charge in [0, 0.05) is 29.7 Å². The molecule has 1 saturated carbocycles. The third-order valence-corrected chi connectivity index (χ3v) is 8.79. The lowest BCUT2D eigenvalue weighted by Crippen LogP contribution is -2.50. The van der Waals surface area contributed by atoms with E-state index >= 15 is 0 Å². The molecule has 2 fully saturated rings. The number of benzene rings is 2. The highest BCUT2D eigenvalue weighted by Gasteiger charge is 2.42. The van der Waals surface area contributed by atoms with Crippen LogP contribution in [0.5, 0.6) is 5.75 Å². The molecule has 1 aliphatic carbocycles. The molecule has 2 heterocycles. The zero-order chi connectivity index (χ0) is 24.7. The number of rotatable bonds is 6. The molecule has 5 rings (SSSR count). The number of esters is 1. The number of halogens is 2. The van der Waals surface area contributed by atoms with Crippen LogP contribution in [-0.4, -0.2) is 36.7 Å². The van der Waals surface area contributed by atoms with Gasteiger partial charge in [-0.2, -0.15) is 0 Å². The molecule has 4 nitrogen and oxygen atoms in total. The van der Waals surface area contributed by atoms with Gasteiger partial charge in [-0.25, -0.2) is 4.39 Å². The molecule has 0 bridgehead atoms. The largest absolute Gasteiger partial charge is 0.487 e. The van der Waals surface area contributed by atoms with Gasteiger partial charge in [-0.1, -0.05) is 30.7 Å². The topological polar surface area (TPSA) is 38.8 Å². The van der Waals surface area contributed by atoms with Crippen molar-refractivity contribution in [2.75, 3.05) is 20.2 Å². The van der Waals surface area contributed by atoms with Crippen LogP contribution in [0.1, 0.15) is 74.6 Å². The zero-order valence-corrected chi connectivity index (χ0v) is 21.6. The highest BCUT2D eigenvalue weighted by molar-refractivity contribution is 6.30. The number of carbonyl (C=O) groups is 1. The number of hydrogen-bond acceptors (Lipinski definition) is 4. The predicted molar refractivity (Wildman–Crippen MR) is 135 cm³/mol. The van der Waals surface area contributed by atoms with Crippen molar-refractivity contribution in [1.82, 2.24) is 4.90 Å². The quantitative estimate of drug-likeness (QED) is 0.414. The normalized spacial score (nSPS) is 22.1. The van der Waals surface area contributed by atoms with Crippen molar-refractivity contribution in [2.24, 2.45) is 11.8 Å². The summed E-state index contributed by atoms with van der Waals surface area (Å²) >= 11 is 6.14. The smallest absolute Gasteiger partial charge is 0.309 e. The summed E-state index contributed by atoms with van der Waals surface area (Å²) in [6.45, 7) is 5.74. The second-order valence-electron chi connectivity index (χ2n) is 10.7. The van der Waals surface area contributed by atoms with E-state index in [0.29, 0.717) is 16.5 Å². The summed E-state index contributed by atoms with van der Waals surface area (Å²) in [4.78, 5) is 14.7. The number of carbonyl (C=O) groups excluding carboxylic acids is 1. The molecule has 3 atom stereocenters. The first-order valence-electron chi connectivity index (χ1n) is 12.9. The highest BCUT2D eigenvalue weighted by atomic mass is 35.5. The molecule has 1 saturated heterocycles. The summed E-state index contributed by atoms with van der Waals surface area (Å²) in [6, 6.07) is 11.3. The Kier molecular flexibility index (Phi) is 6.84. The van der Waals surface area contributed by atoms with Gasteiger partial charge in [-0.3, -0.25) is 9.69 Å². The molecule has 0 N–H and O–H groups in total. The molecule has 6 heteroatoms. The summed E-state index contributed by atoms with van der Waals surface area (Å²) in [6.07, 6.45) is 6.14. The maximum absolute atomic E-state index is 14.4. The number of aryl methyl sites for hydroxylation is 1. The molecule has 1 spiro atoms. The Labute approximate surface area is 212 Å². The summed E-state index contributed by atoms with van der Waals surface area (Å²) < 4.78 is 26.3. The van der Waals surface area contributed by atoms with Crippen LogP contribution in [0, 0.1) is 17.7 Å². The maximum atomic E-state index is 14.4. The van der Waals surface area contributed by atoms with E-state index in [0.717, 1.165) is 57.4 Å². The van der Waals surface area contributed by atoms with E-state index < -0.39 is 0 Å². The fourth-order valence-electron chi connectivity index (χ4n) is 6.19. The first-order chi connectivity index (χ1) is 16.8.